The third-order valence-corrected chi connectivity index (χ3v) is 5.81. The van der Waals surface area contributed by atoms with Crippen LogP contribution in [0.3, 0.4) is 0 Å². The minimum atomic E-state index is -4.79. The topological polar surface area (TPSA) is 62.2 Å². The standard InChI is InChI=1S/C25H17ClF5NO3.Na/c26-15-7-8-22(35-12-13-3-1-6-19(27)23(13)28)18(11-15)16-4-2-5-17(16)20-9-14(25(29,30)31)10-21(32-20)24(33)34;/h1,3,6-11H,2,4-5,12H2,(H,33,34);/q;+1/p-1. The van der Waals surface area contributed by atoms with Crippen LogP contribution in [0.1, 0.15) is 52.1 Å². The average Bonchev–Trinajstić information content (AvgIpc) is 3.29. The molecule has 0 saturated carbocycles. The van der Waals surface area contributed by atoms with Crippen molar-refractivity contribution in [2.75, 3.05) is 0 Å². The maximum atomic E-state index is 14.1. The van der Waals surface area contributed by atoms with Gasteiger partial charge in [0, 0.05) is 16.1 Å². The van der Waals surface area contributed by atoms with Gasteiger partial charge in [0.25, 0.3) is 0 Å². The zero-order valence-electron chi connectivity index (χ0n) is 18.9. The molecule has 0 radical (unpaired) electrons. The number of aromatic nitrogens is 1. The summed E-state index contributed by atoms with van der Waals surface area (Å²) in [5.41, 5.74) is -0.752. The van der Waals surface area contributed by atoms with Crippen LogP contribution in [-0.2, 0) is 12.8 Å². The number of nitrogens with zero attached hydrogens (tertiary/aromatic N) is 1. The molecule has 0 N–H and O–H groups in total. The zero-order chi connectivity index (χ0) is 25.3. The van der Waals surface area contributed by atoms with Gasteiger partial charge in [-0.1, -0.05) is 23.7 Å². The number of allylic oxidation sites excluding steroid dienone is 2. The summed E-state index contributed by atoms with van der Waals surface area (Å²) < 4.78 is 73.6. The zero-order valence-corrected chi connectivity index (χ0v) is 21.6. The number of pyridine rings is 1. The predicted molar refractivity (Wildman–Crippen MR) is 116 cm³/mol. The number of ether oxygens (including phenoxy) is 1. The molecule has 0 amide bonds. The normalized spacial score (nSPS) is 13.5. The molecule has 1 aliphatic rings. The number of aromatic carboxylic acids is 1. The maximum absolute atomic E-state index is 14.1. The van der Waals surface area contributed by atoms with Crippen LogP contribution in [0.2, 0.25) is 5.02 Å². The van der Waals surface area contributed by atoms with Crippen molar-refractivity contribution in [3.8, 4) is 5.75 Å². The van der Waals surface area contributed by atoms with Gasteiger partial charge >= 0.3 is 35.7 Å². The number of benzene rings is 2. The molecule has 0 spiro atoms. The Bertz CT molecular complexity index is 1340. The quantitative estimate of drug-likeness (QED) is 0.362. The van der Waals surface area contributed by atoms with Crippen LogP contribution in [-0.4, -0.2) is 11.0 Å². The van der Waals surface area contributed by atoms with Crippen molar-refractivity contribution in [3.05, 3.63) is 93.3 Å². The van der Waals surface area contributed by atoms with Crippen LogP contribution in [0, 0.1) is 11.6 Å². The second-order valence-electron chi connectivity index (χ2n) is 7.86. The first-order chi connectivity index (χ1) is 16.5. The van der Waals surface area contributed by atoms with Gasteiger partial charge in [-0.2, -0.15) is 13.2 Å². The first kappa shape index (κ1) is 28.1. The molecule has 3 aromatic rings. The fourth-order valence-electron chi connectivity index (χ4n) is 3.96. The van der Waals surface area contributed by atoms with Crippen LogP contribution in [0.4, 0.5) is 22.0 Å². The van der Waals surface area contributed by atoms with Crippen molar-refractivity contribution < 1.29 is 66.1 Å². The monoisotopic (exact) mass is 531 g/mol. The summed E-state index contributed by atoms with van der Waals surface area (Å²) in [7, 11) is 0. The first-order valence-corrected chi connectivity index (χ1v) is 10.8. The third kappa shape index (κ3) is 6.08. The number of carboxylic acids is 1. The van der Waals surface area contributed by atoms with Crippen molar-refractivity contribution in [2.24, 2.45) is 0 Å². The van der Waals surface area contributed by atoms with Crippen LogP contribution in [0.25, 0.3) is 11.1 Å². The van der Waals surface area contributed by atoms with Gasteiger partial charge in [0.05, 0.1) is 22.9 Å². The van der Waals surface area contributed by atoms with Crippen LogP contribution in [0.5, 0.6) is 5.75 Å². The van der Waals surface area contributed by atoms with Crippen molar-refractivity contribution >= 4 is 28.7 Å². The number of carbonyl (C=O) groups excluding carboxylic acids is 1. The molecule has 0 saturated heterocycles. The first-order valence-electron chi connectivity index (χ1n) is 10.4. The Hall–Kier alpha value is -2.46. The van der Waals surface area contributed by atoms with Gasteiger partial charge in [-0.15, -0.1) is 0 Å². The van der Waals surface area contributed by atoms with Crippen LogP contribution < -0.4 is 39.4 Å². The molecular formula is C25H16ClF5NNaO3. The van der Waals surface area contributed by atoms with E-state index >= 15 is 0 Å². The van der Waals surface area contributed by atoms with E-state index in [1.165, 1.54) is 24.3 Å². The van der Waals surface area contributed by atoms with E-state index < -0.39 is 35.0 Å². The number of halogens is 6. The smallest absolute Gasteiger partial charge is 0.543 e. The van der Waals surface area contributed by atoms with Crippen molar-refractivity contribution in [1.82, 2.24) is 4.98 Å². The Kier molecular flexibility index (Phi) is 8.82. The number of hydrogen-bond donors (Lipinski definition) is 0. The average molecular weight is 532 g/mol. The molecule has 0 unspecified atom stereocenters. The summed E-state index contributed by atoms with van der Waals surface area (Å²) >= 11 is 6.17. The number of alkyl halides is 3. The number of carbonyl (C=O) groups is 1. The summed E-state index contributed by atoms with van der Waals surface area (Å²) in [6, 6.07) is 9.49. The fourth-order valence-corrected chi connectivity index (χ4v) is 4.13. The Morgan fingerprint density at radius 2 is 1.78 bits per heavy atom. The summed E-state index contributed by atoms with van der Waals surface area (Å²) in [4.78, 5) is 15.2. The van der Waals surface area contributed by atoms with Gasteiger partial charge in [0.2, 0.25) is 0 Å². The molecule has 36 heavy (non-hydrogen) atoms. The Morgan fingerprint density at radius 3 is 2.47 bits per heavy atom. The summed E-state index contributed by atoms with van der Waals surface area (Å²) in [6.07, 6.45) is -3.46. The predicted octanol–water partition coefficient (Wildman–Crippen LogP) is 3.07. The SMILES string of the molecule is O=C([O-])c1cc(C(F)(F)F)cc(C2=C(c3cc(Cl)ccc3OCc3cccc(F)c3F)CCC2)n1.[Na+]. The minimum Gasteiger partial charge on any atom is -0.543 e. The second kappa shape index (κ2) is 11.3. The molecule has 1 heterocycles. The van der Waals surface area contributed by atoms with Gasteiger partial charge in [0.1, 0.15) is 12.4 Å². The van der Waals surface area contributed by atoms with E-state index in [9.17, 15) is 31.9 Å². The van der Waals surface area contributed by atoms with Crippen LogP contribution >= 0.6 is 11.6 Å². The van der Waals surface area contributed by atoms with Gasteiger partial charge in [0.15, 0.2) is 11.6 Å². The van der Waals surface area contributed by atoms with E-state index in [2.05, 4.69) is 4.98 Å². The largest absolute Gasteiger partial charge is 1.00 e. The third-order valence-electron chi connectivity index (χ3n) is 5.57. The molecule has 0 bridgehead atoms. The summed E-state index contributed by atoms with van der Waals surface area (Å²) in [5, 5.41) is 11.6. The van der Waals surface area contributed by atoms with Gasteiger partial charge in [-0.25, -0.2) is 13.8 Å². The second-order valence-corrected chi connectivity index (χ2v) is 8.30. The molecule has 1 aromatic heterocycles. The van der Waals surface area contributed by atoms with Crippen LogP contribution in [0.15, 0.2) is 48.5 Å². The van der Waals surface area contributed by atoms with Gasteiger partial charge < -0.3 is 14.6 Å². The fraction of sp³-hybridized carbons (Fsp3) is 0.200. The Morgan fingerprint density at radius 1 is 1.06 bits per heavy atom. The molecule has 0 atom stereocenters. The number of hydrogen-bond acceptors (Lipinski definition) is 4. The molecule has 1 aliphatic carbocycles. The number of rotatable bonds is 6. The molecular weight excluding hydrogens is 516 g/mol. The Labute approximate surface area is 230 Å². The molecule has 11 heteroatoms. The minimum absolute atomic E-state index is 0. The Balaban J connectivity index is 0.00000361. The van der Waals surface area contributed by atoms with E-state index in [0.29, 0.717) is 47.1 Å². The molecule has 4 rings (SSSR count). The van der Waals surface area contributed by atoms with E-state index in [4.69, 9.17) is 16.3 Å². The molecule has 4 nitrogen and oxygen atoms in total. The number of carboxylic acid groups (broad SMARTS) is 1. The van der Waals surface area contributed by atoms with Gasteiger partial charge in [-0.05, 0) is 66.8 Å². The molecule has 182 valence electrons. The summed E-state index contributed by atoms with van der Waals surface area (Å²) in [5.74, 6) is -3.66. The summed E-state index contributed by atoms with van der Waals surface area (Å²) in [6.45, 7) is -0.308. The maximum Gasteiger partial charge on any atom is 1.00 e. The molecule has 0 aliphatic heterocycles. The van der Waals surface area contributed by atoms with E-state index in [0.717, 1.165) is 12.1 Å². The van der Waals surface area contributed by atoms with Crippen molar-refractivity contribution in [2.45, 2.75) is 32.0 Å². The van der Waals surface area contributed by atoms with E-state index in [-0.39, 0.29) is 53.2 Å². The van der Waals surface area contributed by atoms with Crippen molar-refractivity contribution in [3.63, 3.8) is 0 Å². The molecule has 0 fully saturated rings. The van der Waals surface area contributed by atoms with E-state index in [1.807, 2.05) is 0 Å². The van der Waals surface area contributed by atoms with Crippen molar-refractivity contribution in [1.29, 1.82) is 0 Å². The molecule has 2 aromatic carbocycles. The van der Waals surface area contributed by atoms with E-state index in [1.54, 1.807) is 6.07 Å². The van der Waals surface area contributed by atoms with Gasteiger partial charge in [-0.3, -0.25) is 0 Å².